The van der Waals surface area contributed by atoms with Crippen LogP contribution in [0.2, 0.25) is 19.6 Å². The molecule has 1 unspecified atom stereocenters. The van der Waals surface area contributed by atoms with Crippen LogP contribution in [0.4, 0.5) is 0 Å². The Kier molecular flexibility index (Phi) is 1.24. The van der Waals surface area contributed by atoms with Crippen LogP contribution in [-0.2, 0) is 0 Å². The minimum atomic E-state index is -0.660. The summed E-state index contributed by atoms with van der Waals surface area (Å²) in [4.78, 5) is 1.10. The van der Waals surface area contributed by atoms with Gasteiger partial charge in [0.2, 0.25) is 0 Å². The van der Waals surface area contributed by atoms with Crippen molar-refractivity contribution in [2.75, 3.05) is 5.75 Å². The molecule has 7 heavy (non-hydrogen) atoms. The van der Waals surface area contributed by atoms with Gasteiger partial charge in [0.05, 0.1) is 8.07 Å². The zero-order valence-corrected chi connectivity index (χ0v) is 7.01. The molecule has 0 bridgehead atoms. The average molecular weight is 132 g/mol. The topological polar surface area (TPSA) is 0 Å². The van der Waals surface area contributed by atoms with Crippen molar-refractivity contribution in [2.24, 2.45) is 0 Å². The second kappa shape index (κ2) is 1.52. The summed E-state index contributed by atoms with van der Waals surface area (Å²) in [6.45, 7) is 7.33. The quantitative estimate of drug-likeness (QED) is 0.388. The molecule has 0 saturated carbocycles. The highest BCUT2D eigenvalue weighted by molar-refractivity contribution is 8.09. The second-order valence-corrected chi connectivity index (χ2v) is 10.3. The van der Waals surface area contributed by atoms with Crippen LogP contribution in [0.5, 0.6) is 0 Å². The Morgan fingerprint density at radius 3 is 1.86 bits per heavy atom. The Labute approximate surface area is 50.7 Å². The van der Waals surface area contributed by atoms with Crippen LogP contribution >= 0.6 is 11.8 Å². The number of hydrogen-bond donors (Lipinski definition) is 0. The highest BCUT2D eigenvalue weighted by atomic mass is 32.2. The Balaban J connectivity index is 2.36. The lowest BCUT2D eigenvalue weighted by Crippen LogP contribution is -2.27. The maximum Gasteiger partial charge on any atom is 0.0597 e. The standard InChI is InChI=1S/C5H12SSi/c1-7(2,3)5-4-6-5/h5H,4H2,1-3H3. The highest BCUT2D eigenvalue weighted by Gasteiger charge is 2.36. The van der Waals surface area contributed by atoms with Crippen LogP contribution in [0.1, 0.15) is 0 Å². The molecule has 0 radical (unpaired) electrons. The van der Waals surface area contributed by atoms with Gasteiger partial charge in [0.15, 0.2) is 0 Å². The van der Waals surface area contributed by atoms with Crippen molar-refractivity contribution in [3.8, 4) is 0 Å². The maximum atomic E-state index is 2.44. The fourth-order valence-electron chi connectivity index (χ4n) is 0.548. The molecule has 0 N–H and O–H groups in total. The van der Waals surface area contributed by atoms with Crippen molar-refractivity contribution < 1.29 is 0 Å². The Bertz CT molecular complexity index is 70.6. The maximum absolute atomic E-state index is 2.44. The molecule has 0 aromatic carbocycles. The van der Waals surface area contributed by atoms with Crippen molar-refractivity contribution in [3.05, 3.63) is 0 Å². The molecule has 42 valence electrons. The van der Waals surface area contributed by atoms with Crippen LogP contribution < -0.4 is 0 Å². The Morgan fingerprint density at radius 1 is 1.43 bits per heavy atom. The largest absolute Gasteiger partial charge is 0.160 e. The van der Waals surface area contributed by atoms with Crippen molar-refractivity contribution in [1.29, 1.82) is 0 Å². The monoisotopic (exact) mass is 132 g/mol. The molecule has 1 fully saturated rings. The molecule has 0 spiro atoms. The molecule has 1 atom stereocenters. The van der Waals surface area contributed by atoms with E-state index in [2.05, 4.69) is 31.4 Å². The molecule has 0 aromatic heterocycles. The van der Waals surface area contributed by atoms with Gasteiger partial charge in [-0.25, -0.2) is 0 Å². The lowest BCUT2D eigenvalue weighted by atomic mass is 11.0. The van der Waals surface area contributed by atoms with Crippen molar-refractivity contribution in [3.63, 3.8) is 0 Å². The van der Waals surface area contributed by atoms with E-state index in [1.165, 1.54) is 5.75 Å². The first-order valence-electron chi connectivity index (χ1n) is 2.72. The second-order valence-electron chi connectivity index (χ2n) is 3.19. The van der Waals surface area contributed by atoms with E-state index in [-0.39, 0.29) is 0 Å². The van der Waals surface area contributed by atoms with E-state index in [0.29, 0.717) is 0 Å². The Morgan fingerprint density at radius 2 is 1.86 bits per heavy atom. The summed E-state index contributed by atoms with van der Waals surface area (Å²) in [6.07, 6.45) is 0. The Hall–Kier alpha value is 0.567. The zero-order chi connectivity index (χ0) is 5.49. The fourth-order valence-corrected chi connectivity index (χ4v) is 4.93. The van der Waals surface area contributed by atoms with Gasteiger partial charge in [-0.15, -0.1) is 0 Å². The lowest BCUT2D eigenvalue weighted by Gasteiger charge is -2.10. The molecule has 1 aliphatic heterocycles. The summed E-state index contributed by atoms with van der Waals surface area (Å²) in [7, 11) is -0.660. The van der Waals surface area contributed by atoms with Gasteiger partial charge in [0.1, 0.15) is 0 Å². The molecule has 0 aromatic rings. The van der Waals surface area contributed by atoms with Crippen LogP contribution in [0.3, 0.4) is 0 Å². The van der Waals surface area contributed by atoms with E-state index < -0.39 is 8.07 Å². The molecular formula is C5H12SSi. The number of hydrogen-bond acceptors (Lipinski definition) is 1. The van der Waals surface area contributed by atoms with E-state index in [9.17, 15) is 0 Å². The molecule has 0 aliphatic carbocycles. The summed E-state index contributed by atoms with van der Waals surface area (Å²) < 4.78 is 0. The summed E-state index contributed by atoms with van der Waals surface area (Å²) in [5.74, 6) is 1.45. The molecular weight excluding hydrogens is 120 g/mol. The van der Waals surface area contributed by atoms with E-state index >= 15 is 0 Å². The molecule has 1 rings (SSSR count). The van der Waals surface area contributed by atoms with Gasteiger partial charge in [0.25, 0.3) is 0 Å². The number of thioether (sulfide) groups is 1. The van der Waals surface area contributed by atoms with Gasteiger partial charge in [-0.2, -0.15) is 11.8 Å². The van der Waals surface area contributed by atoms with Crippen molar-refractivity contribution >= 4 is 19.8 Å². The zero-order valence-electron chi connectivity index (χ0n) is 5.19. The fraction of sp³-hybridized carbons (Fsp3) is 1.00. The SMILES string of the molecule is C[Si](C)(C)C1CS1. The highest BCUT2D eigenvalue weighted by Crippen LogP contribution is 2.37. The summed E-state index contributed by atoms with van der Waals surface area (Å²) >= 11 is 2.14. The van der Waals surface area contributed by atoms with Gasteiger partial charge in [-0.3, -0.25) is 0 Å². The third-order valence-corrected chi connectivity index (χ3v) is 7.02. The molecule has 1 heterocycles. The van der Waals surface area contributed by atoms with Gasteiger partial charge < -0.3 is 0 Å². The molecule has 0 amide bonds. The molecule has 1 aliphatic rings. The molecule has 0 nitrogen and oxygen atoms in total. The van der Waals surface area contributed by atoms with Gasteiger partial charge >= 0.3 is 0 Å². The van der Waals surface area contributed by atoms with Crippen LogP contribution in [-0.4, -0.2) is 18.7 Å². The number of rotatable bonds is 1. The predicted octanol–water partition coefficient (Wildman–Crippen LogP) is 1.98. The normalized spacial score (nSPS) is 30.4. The first-order valence-corrected chi connectivity index (χ1v) is 7.35. The van der Waals surface area contributed by atoms with Crippen molar-refractivity contribution in [2.45, 2.75) is 24.5 Å². The van der Waals surface area contributed by atoms with E-state index in [4.69, 9.17) is 0 Å². The van der Waals surface area contributed by atoms with E-state index in [1.807, 2.05) is 0 Å². The third kappa shape index (κ3) is 1.50. The van der Waals surface area contributed by atoms with Crippen molar-refractivity contribution in [1.82, 2.24) is 0 Å². The third-order valence-electron chi connectivity index (χ3n) is 1.30. The van der Waals surface area contributed by atoms with Crippen LogP contribution in [0.25, 0.3) is 0 Å². The van der Waals surface area contributed by atoms with Gasteiger partial charge in [-0.05, 0) is 0 Å². The molecule has 1 saturated heterocycles. The minimum Gasteiger partial charge on any atom is -0.160 e. The van der Waals surface area contributed by atoms with Gasteiger partial charge in [0, 0.05) is 10.6 Å². The smallest absolute Gasteiger partial charge is 0.0597 e. The minimum absolute atomic E-state index is 0.660. The van der Waals surface area contributed by atoms with Crippen LogP contribution in [0, 0.1) is 0 Å². The summed E-state index contributed by atoms with van der Waals surface area (Å²) in [5, 5.41) is 0. The predicted molar refractivity (Wildman–Crippen MR) is 39.6 cm³/mol. The van der Waals surface area contributed by atoms with E-state index in [1.54, 1.807) is 0 Å². The summed E-state index contributed by atoms with van der Waals surface area (Å²) in [5.41, 5.74) is 0. The summed E-state index contributed by atoms with van der Waals surface area (Å²) in [6, 6.07) is 0. The first-order chi connectivity index (χ1) is 3.11. The van der Waals surface area contributed by atoms with Gasteiger partial charge in [-0.1, -0.05) is 19.6 Å². The molecule has 2 heteroatoms. The average Bonchev–Trinajstić information content (AvgIpc) is 1.99. The van der Waals surface area contributed by atoms with E-state index in [0.717, 1.165) is 4.87 Å². The first kappa shape index (κ1) is 5.70. The lowest BCUT2D eigenvalue weighted by molar-refractivity contribution is 1.44. The van der Waals surface area contributed by atoms with Crippen LogP contribution in [0.15, 0.2) is 0 Å².